The molecule has 0 aliphatic heterocycles. The van der Waals surface area contributed by atoms with Crippen LogP contribution in [0.15, 0.2) is 165 Å². The molecule has 258 valence electrons. The fourth-order valence-electron chi connectivity index (χ4n) is 5.13. The van der Waals surface area contributed by atoms with Crippen LogP contribution in [0.3, 0.4) is 0 Å². The van der Waals surface area contributed by atoms with Gasteiger partial charge in [0.15, 0.2) is 5.78 Å². The number of anilines is 2. The van der Waals surface area contributed by atoms with Crippen molar-refractivity contribution in [3.8, 4) is 11.3 Å². The number of hydrogen-bond donors (Lipinski definition) is 3. The number of thioether (sulfide) groups is 1. The van der Waals surface area contributed by atoms with Gasteiger partial charge in [-0.05, 0) is 97.4 Å². The first-order valence-electron chi connectivity index (χ1n) is 16.2. The Morgan fingerprint density at radius 3 is 1.94 bits per heavy atom. The number of amides is 3. The first-order chi connectivity index (χ1) is 25.2. The molecule has 5 aromatic carbocycles. The summed E-state index contributed by atoms with van der Waals surface area (Å²) in [6.45, 7) is 1.49. The Balaban J connectivity index is 1.19. The number of furan rings is 1. The van der Waals surface area contributed by atoms with Crippen molar-refractivity contribution in [2.75, 3.05) is 10.6 Å². The van der Waals surface area contributed by atoms with E-state index in [0.717, 1.165) is 20.5 Å². The van der Waals surface area contributed by atoms with Crippen molar-refractivity contribution >= 4 is 68.6 Å². The monoisotopic (exact) mass is 769 g/mol. The smallest absolute Gasteiger partial charge is 0.272 e. The number of rotatable bonds is 12. The third kappa shape index (κ3) is 9.42. The van der Waals surface area contributed by atoms with Crippen molar-refractivity contribution in [3.63, 3.8) is 0 Å². The van der Waals surface area contributed by atoms with Gasteiger partial charge in [0.1, 0.15) is 22.5 Å². The molecule has 0 aliphatic rings. The summed E-state index contributed by atoms with van der Waals surface area (Å²) in [5.74, 6) is -0.299. The van der Waals surface area contributed by atoms with Crippen LogP contribution in [-0.4, -0.2) is 23.5 Å². The van der Waals surface area contributed by atoms with Gasteiger partial charge in [-0.25, -0.2) is 0 Å². The number of benzene rings is 5. The Kier molecular flexibility index (Phi) is 11.6. The van der Waals surface area contributed by atoms with Gasteiger partial charge < -0.3 is 20.4 Å². The van der Waals surface area contributed by atoms with Crippen molar-refractivity contribution < 1.29 is 23.6 Å². The van der Waals surface area contributed by atoms with Gasteiger partial charge in [0.25, 0.3) is 11.8 Å². The molecular formula is C42H32BrN3O5S. The zero-order valence-electron chi connectivity index (χ0n) is 27.8. The number of halogens is 1. The largest absolute Gasteiger partial charge is 0.457 e. The van der Waals surface area contributed by atoms with Crippen LogP contribution in [0.4, 0.5) is 11.4 Å². The molecule has 6 aromatic rings. The maximum Gasteiger partial charge on any atom is 0.272 e. The number of carbonyl (C=O) groups excluding carboxylic acids is 4. The molecule has 3 N–H and O–H groups in total. The highest BCUT2D eigenvalue weighted by Gasteiger charge is 2.23. The lowest BCUT2D eigenvalue weighted by Gasteiger charge is -2.18. The molecule has 0 radical (unpaired) electrons. The zero-order valence-corrected chi connectivity index (χ0v) is 30.2. The lowest BCUT2D eigenvalue weighted by atomic mass is 10.1. The van der Waals surface area contributed by atoms with Gasteiger partial charge >= 0.3 is 0 Å². The number of Topliss-reactive ketones (excluding diaryl/α,β-unsaturated/α-hetero) is 1. The van der Waals surface area contributed by atoms with Crippen LogP contribution in [0.25, 0.3) is 17.4 Å². The molecule has 0 aliphatic carbocycles. The summed E-state index contributed by atoms with van der Waals surface area (Å²) in [7, 11) is 0. The van der Waals surface area contributed by atoms with E-state index in [1.54, 1.807) is 78.9 Å². The summed E-state index contributed by atoms with van der Waals surface area (Å²) in [4.78, 5) is 52.8. The van der Waals surface area contributed by atoms with E-state index in [-0.39, 0.29) is 17.4 Å². The van der Waals surface area contributed by atoms with Crippen molar-refractivity contribution in [1.29, 1.82) is 0 Å². The summed E-state index contributed by atoms with van der Waals surface area (Å²) < 4.78 is 6.95. The molecule has 0 fully saturated rings. The predicted octanol–water partition coefficient (Wildman–Crippen LogP) is 9.79. The number of nitrogens with one attached hydrogen (secondary N) is 3. The average molecular weight is 771 g/mol. The van der Waals surface area contributed by atoms with Crippen molar-refractivity contribution in [3.05, 3.63) is 178 Å². The molecule has 1 heterocycles. The molecule has 1 unspecified atom stereocenters. The van der Waals surface area contributed by atoms with E-state index in [4.69, 9.17) is 4.42 Å². The fourth-order valence-corrected chi connectivity index (χ4v) is 6.42. The molecular weight excluding hydrogens is 738 g/mol. The summed E-state index contributed by atoms with van der Waals surface area (Å²) in [5, 5.41) is 7.96. The topological polar surface area (TPSA) is 118 Å². The Labute approximate surface area is 313 Å². The third-order valence-electron chi connectivity index (χ3n) is 7.84. The number of ketones is 1. The molecule has 6 rings (SSSR count). The second-order valence-electron chi connectivity index (χ2n) is 11.6. The van der Waals surface area contributed by atoms with Gasteiger partial charge in [0.2, 0.25) is 5.91 Å². The summed E-state index contributed by atoms with van der Waals surface area (Å²) >= 11 is 4.79. The van der Waals surface area contributed by atoms with Crippen LogP contribution in [0.5, 0.6) is 0 Å². The SMILES string of the molecule is CC(=O)c1ccc(NC(=O)C(Sc2ccc(NC(=O)/C(=C/c3ccc(-c4ccc(Br)cc4)o3)NC(=O)c3ccccc3)cc2)c2ccccc2)cc1. The molecule has 8 nitrogen and oxygen atoms in total. The highest BCUT2D eigenvalue weighted by Crippen LogP contribution is 2.37. The molecule has 0 bridgehead atoms. The summed E-state index contributed by atoms with van der Waals surface area (Å²) in [6.07, 6.45) is 1.49. The Bertz CT molecular complexity index is 2220. The normalized spacial score (nSPS) is 11.7. The quantitative estimate of drug-likeness (QED) is 0.0648. The van der Waals surface area contributed by atoms with E-state index in [0.29, 0.717) is 34.0 Å². The molecule has 0 saturated heterocycles. The summed E-state index contributed by atoms with van der Waals surface area (Å²) in [6, 6.07) is 43.1. The van der Waals surface area contributed by atoms with Gasteiger partial charge in [-0.3, -0.25) is 19.2 Å². The Hall–Kier alpha value is -5.97. The number of hydrogen-bond acceptors (Lipinski definition) is 6. The predicted molar refractivity (Wildman–Crippen MR) is 209 cm³/mol. The fraction of sp³-hybridized carbons (Fsp3) is 0.0476. The van der Waals surface area contributed by atoms with Crippen molar-refractivity contribution in [2.24, 2.45) is 0 Å². The van der Waals surface area contributed by atoms with Crippen LogP contribution in [-0.2, 0) is 9.59 Å². The zero-order chi connectivity index (χ0) is 36.5. The van der Waals surface area contributed by atoms with Gasteiger partial charge in [0.05, 0.1) is 0 Å². The highest BCUT2D eigenvalue weighted by molar-refractivity contribution is 9.10. The van der Waals surface area contributed by atoms with E-state index >= 15 is 0 Å². The number of carbonyl (C=O) groups is 4. The van der Waals surface area contributed by atoms with E-state index in [9.17, 15) is 19.2 Å². The lowest BCUT2D eigenvalue weighted by molar-refractivity contribution is -0.116. The molecule has 0 saturated carbocycles. The molecule has 0 spiro atoms. The molecule has 3 amide bonds. The highest BCUT2D eigenvalue weighted by atomic mass is 79.9. The van der Waals surface area contributed by atoms with Crippen molar-refractivity contribution in [1.82, 2.24) is 5.32 Å². The molecule has 10 heteroatoms. The maximum atomic E-state index is 13.6. The van der Waals surface area contributed by atoms with Crippen LogP contribution in [0.2, 0.25) is 0 Å². The van der Waals surface area contributed by atoms with Crippen LogP contribution >= 0.6 is 27.7 Å². The minimum Gasteiger partial charge on any atom is -0.457 e. The Morgan fingerprint density at radius 1 is 0.673 bits per heavy atom. The van der Waals surface area contributed by atoms with E-state index < -0.39 is 17.1 Å². The minimum absolute atomic E-state index is 0.0128. The van der Waals surface area contributed by atoms with Crippen LogP contribution in [0.1, 0.15) is 44.2 Å². The van der Waals surface area contributed by atoms with Gasteiger partial charge in [-0.1, -0.05) is 76.6 Å². The summed E-state index contributed by atoms with van der Waals surface area (Å²) in [5.41, 5.74) is 3.67. The minimum atomic E-state index is -0.590. The van der Waals surface area contributed by atoms with E-state index in [1.165, 1.54) is 24.8 Å². The molecule has 1 atom stereocenters. The lowest BCUT2D eigenvalue weighted by Crippen LogP contribution is -2.30. The van der Waals surface area contributed by atoms with E-state index in [1.807, 2.05) is 66.7 Å². The first-order valence-corrected chi connectivity index (χ1v) is 17.9. The van der Waals surface area contributed by atoms with Crippen LogP contribution < -0.4 is 16.0 Å². The Morgan fingerprint density at radius 2 is 1.29 bits per heavy atom. The van der Waals surface area contributed by atoms with Gasteiger partial charge in [0, 0.05) is 43.5 Å². The van der Waals surface area contributed by atoms with Gasteiger partial charge in [-0.15, -0.1) is 11.8 Å². The standard InChI is InChI=1S/C42H32BrN3O5S/c1-27(47)28-14-18-33(19-15-28)45-42(50)39(30-8-4-2-5-9-30)52-36-23-20-34(21-24-36)44-41(49)37(46-40(48)31-10-6-3-7-11-31)26-35-22-25-38(51-35)29-12-16-32(43)17-13-29/h2-26,39H,1H3,(H,44,49)(H,45,50)(H,46,48)/b37-26-. The molecule has 52 heavy (non-hydrogen) atoms. The van der Waals surface area contributed by atoms with Crippen LogP contribution in [0, 0.1) is 0 Å². The van der Waals surface area contributed by atoms with Crippen molar-refractivity contribution in [2.45, 2.75) is 17.1 Å². The second kappa shape index (κ2) is 16.8. The maximum absolute atomic E-state index is 13.6. The second-order valence-corrected chi connectivity index (χ2v) is 13.7. The van der Waals surface area contributed by atoms with Gasteiger partial charge in [-0.2, -0.15) is 0 Å². The molecule has 1 aromatic heterocycles. The average Bonchev–Trinajstić information content (AvgIpc) is 3.64. The first kappa shape index (κ1) is 35.8. The third-order valence-corrected chi connectivity index (χ3v) is 9.63. The van der Waals surface area contributed by atoms with E-state index in [2.05, 4.69) is 31.9 Å².